The van der Waals surface area contributed by atoms with E-state index in [2.05, 4.69) is 63.2 Å². The normalized spacial score (nSPS) is 11.2. The number of fused-ring (bicyclic) bond motifs is 1. The summed E-state index contributed by atoms with van der Waals surface area (Å²) in [4.78, 5) is 16.8. The fraction of sp³-hybridized carbons (Fsp3) is 0.304. The number of imidazole rings is 1. The Morgan fingerprint density at radius 1 is 1.10 bits per heavy atom. The van der Waals surface area contributed by atoms with Crippen LogP contribution in [0.4, 0.5) is 0 Å². The second kappa shape index (κ2) is 9.34. The van der Waals surface area contributed by atoms with Crippen molar-refractivity contribution in [3.63, 3.8) is 0 Å². The van der Waals surface area contributed by atoms with Crippen LogP contribution in [0.15, 0.2) is 53.9 Å². The lowest BCUT2D eigenvalue weighted by molar-refractivity contribution is -0.118. The molecule has 0 atom stereocenters. The number of aromatic nitrogens is 5. The summed E-state index contributed by atoms with van der Waals surface area (Å²) < 4.78 is 4.14. The van der Waals surface area contributed by atoms with E-state index >= 15 is 0 Å². The molecule has 0 saturated heterocycles. The van der Waals surface area contributed by atoms with E-state index in [9.17, 15) is 4.79 Å². The molecular weight excluding hydrogens is 408 g/mol. The minimum absolute atomic E-state index is 0.00587. The lowest BCUT2D eigenvalue weighted by atomic mass is 10.1. The van der Waals surface area contributed by atoms with E-state index < -0.39 is 0 Å². The van der Waals surface area contributed by atoms with E-state index in [0.29, 0.717) is 12.3 Å². The van der Waals surface area contributed by atoms with Gasteiger partial charge in [0.25, 0.3) is 0 Å². The molecule has 0 bridgehead atoms. The summed E-state index contributed by atoms with van der Waals surface area (Å²) in [5, 5.41) is 12.2. The van der Waals surface area contributed by atoms with Gasteiger partial charge in [0.15, 0.2) is 5.16 Å². The summed E-state index contributed by atoms with van der Waals surface area (Å²) in [6.07, 6.45) is 2.69. The lowest BCUT2D eigenvalue weighted by Crippen LogP contribution is -2.27. The fourth-order valence-electron chi connectivity index (χ4n) is 3.52. The highest BCUT2D eigenvalue weighted by molar-refractivity contribution is 7.99. The van der Waals surface area contributed by atoms with Gasteiger partial charge in [-0.15, -0.1) is 10.2 Å². The molecule has 160 valence electrons. The summed E-state index contributed by atoms with van der Waals surface area (Å²) in [5.41, 5.74) is 5.48. The fourth-order valence-corrected chi connectivity index (χ4v) is 4.34. The smallest absolute Gasteiger partial charge is 0.230 e. The van der Waals surface area contributed by atoms with Crippen LogP contribution in [0.2, 0.25) is 0 Å². The van der Waals surface area contributed by atoms with Gasteiger partial charge >= 0.3 is 0 Å². The molecule has 4 rings (SSSR count). The number of aryl methyl sites for hydroxylation is 4. The van der Waals surface area contributed by atoms with Gasteiger partial charge in [-0.2, -0.15) is 0 Å². The molecule has 0 unspecified atom stereocenters. The van der Waals surface area contributed by atoms with Crippen LogP contribution in [0, 0.1) is 20.8 Å². The van der Waals surface area contributed by atoms with Crippen molar-refractivity contribution in [2.75, 3.05) is 12.3 Å². The van der Waals surface area contributed by atoms with E-state index in [-0.39, 0.29) is 5.91 Å². The van der Waals surface area contributed by atoms with Gasteiger partial charge in [0.2, 0.25) is 5.91 Å². The van der Waals surface area contributed by atoms with Crippen LogP contribution < -0.4 is 5.32 Å². The number of carbonyl (C=O) groups excluding carboxylic acids is 1. The predicted molar refractivity (Wildman–Crippen MR) is 124 cm³/mol. The molecule has 0 radical (unpaired) electrons. The number of hydrogen-bond donors (Lipinski definition) is 1. The number of amides is 1. The van der Waals surface area contributed by atoms with Gasteiger partial charge in [-0.25, -0.2) is 4.98 Å². The molecule has 2 heterocycles. The second-order valence-corrected chi connectivity index (χ2v) is 8.52. The lowest BCUT2D eigenvalue weighted by Gasteiger charge is -2.12. The van der Waals surface area contributed by atoms with Gasteiger partial charge in [0.1, 0.15) is 5.82 Å². The molecule has 8 heteroatoms. The molecule has 0 spiro atoms. The molecule has 0 aliphatic carbocycles. The number of hydrogen-bond acceptors (Lipinski definition) is 5. The summed E-state index contributed by atoms with van der Waals surface area (Å²) in [5.74, 6) is 1.11. The Hall–Kier alpha value is -3.13. The molecule has 4 aromatic rings. The van der Waals surface area contributed by atoms with Crippen LogP contribution in [0.5, 0.6) is 0 Å². The number of para-hydroxylation sites is 2. The number of thioether (sulfide) groups is 1. The van der Waals surface area contributed by atoms with Crippen LogP contribution >= 0.6 is 11.8 Å². The number of rotatable bonds is 8. The van der Waals surface area contributed by atoms with Crippen LogP contribution in [-0.2, 0) is 11.3 Å². The van der Waals surface area contributed by atoms with Crippen molar-refractivity contribution in [1.82, 2.24) is 29.6 Å². The van der Waals surface area contributed by atoms with Gasteiger partial charge in [-0.05, 0) is 56.5 Å². The number of nitrogens with one attached hydrogen (secondary N) is 1. The van der Waals surface area contributed by atoms with Crippen molar-refractivity contribution in [1.29, 1.82) is 0 Å². The zero-order chi connectivity index (χ0) is 21.8. The number of carbonyl (C=O) groups is 1. The maximum absolute atomic E-state index is 12.4. The summed E-state index contributed by atoms with van der Waals surface area (Å²) in [7, 11) is 0. The highest BCUT2D eigenvalue weighted by Crippen LogP contribution is 2.24. The highest BCUT2D eigenvalue weighted by Gasteiger charge is 2.15. The molecular formula is C23H26N6OS. The van der Waals surface area contributed by atoms with Crippen molar-refractivity contribution in [3.8, 4) is 5.69 Å². The standard InChI is InChI=1S/C23H26N6OS/c1-16-9-10-17(2)21(13-16)29-18(3)26-27-23(29)31-14-22(30)24-11-6-12-28-15-25-19-7-4-5-8-20(19)28/h4-5,7-10,13,15H,6,11-12,14H2,1-3H3,(H,24,30). The largest absolute Gasteiger partial charge is 0.355 e. The molecule has 1 N–H and O–H groups in total. The van der Waals surface area contributed by atoms with E-state index in [1.807, 2.05) is 36.0 Å². The summed E-state index contributed by atoms with van der Waals surface area (Å²) >= 11 is 1.41. The van der Waals surface area contributed by atoms with Gasteiger partial charge < -0.3 is 9.88 Å². The maximum Gasteiger partial charge on any atom is 0.230 e. The first kappa shape index (κ1) is 21.1. The van der Waals surface area contributed by atoms with Gasteiger partial charge in [0.05, 0.1) is 28.8 Å². The Kier molecular flexibility index (Phi) is 6.36. The molecule has 0 aliphatic heterocycles. The minimum Gasteiger partial charge on any atom is -0.355 e. The third kappa shape index (κ3) is 4.80. The minimum atomic E-state index is -0.00587. The van der Waals surface area contributed by atoms with Crippen LogP contribution in [0.25, 0.3) is 16.7 Å². The summed E-state index contributed by atoms with van der Waals surface area (Å²) in [6.45, 7) is 7.50. The predicted octanol–water partition coefficient (Wildman–Crippen LogP) is 3.84. The van der Waals surface area contributed by atoms with E-state index in [4.69, 9.17) is 0 Å². The quantitative estimate of drug-likeness (QED) is 0.337. The van der Waals surface area contributed by atoms with Gasteiger partial charge in [-0.3, -0.25) is 9.36 Å². The van der Waals surface area contributed by atoms with Crippen molar-refractivity contribution in [2.45, 2.75) is 38.9 Å². The maximum atomic E-state index is 12.4. The molecule has 0 fully saturated rings. The van der Waals surface area contributed by atoms with Crippen molar-refractivity contribution in [3.05, 3.63) is 65.7 Å². The monoisotopic (exact) mass is 434 g/mol. The Bertz CT molecular complexity index is 1210. The van der Waals surface area contributed by atoms with Crippen LogP contribution in [0.3, 0.4) is 0 Å². The van der Waals surface area contributed by atoms with Gasteiger partial charge in [-0.1, -0.05) is 36.0 Å². The Morgan fingerprint density at radius 2 is 1.94 bits per heavy atom. The molecule has 1 amide bonds. The van der Waals surface area contributed by atoms with Crippen LogP contribution in [-0.4, -0.2) is 42.5 Å². The Labute approximate surface area is 185 Å². The zero-order valence-corrected chi connectivity index (χ0v) is 18.8. The average molecular weight is 435 g/mol. The van der Waals surface area contributed by atoms with Crippen molar-refractivity contribution < 1.29 is 4.79 Å². The summed E-state index contributed by atoms with van der Waals surface area (Å²) in [6, 6.07) is 14.4. The van der Waals surface area contributed by atoms with Crippen molar-refractivity contribution >= 4 is 28.7 Å². The van der Waals surface area contributed by atoms with E-state index in [0.717, 1.165) is 46.2 Å². The first-order chi connectivity index (χ1) is 15.0. The number of benzene rings is 2. The first-order valence-electron chi connectivity index (χ1n) is 10.3. The third-order valence-electron chi connectivity index (χ3n) is 5.16. The molecule has 2 aromatic heterocycles. The van der Waals surface area contributed by atoms with Crippen LogP contribution in [0.1, 0.15) is 23.4 Å². The van der Waals surface area contributed by atoms with Gasteiger partial charge in [0, 0.05) is 13.1 Å². The topological polar surface area (TPSA) is 77.6 Å². The molecule has 31 heavy (non-hydrogen) atoms. The third-order valence-corrected chi connectivity index (χ3v) is 6.09. The zero-order valence-electron chi connectivity index (χ0n) is 18.0. The van der Waals surface area contributed by atoms with E-state index in [1.165, 1.54) is 17.3 Å². The second-order valence-electron chi connectivity index (χ2n) is 7.57. The highest BCUT2D eigenvalue weighted by atomic mass is 32.2. The Morgan fingerprint density at radius 3 is 2.81 bits per heavy atom. The SMILES string of the molecule is Cc1ccc(C)c(-n2c(C)nnc2SCC(=O)NCCCn2cnc3ccccc32)c1. The molecule has 0 aliphatic rings. The molecule has 0 saturated carbocycles. The Balaban J connectivity index is 1.30. The first-order valence-corrected chi connectivity index (χ1v) is 11.3. The van der Waals surface area contributed by atoms with E-state index in [1.54, 1.807) is 0 Å². The number of nitrogens with zero attached hydrogens (tertiary/aromatic N) is 5. The average Bonchev–Trinajstić information content (AvgIpc) is 3.35. The molecule has 2 aromatic carbocycles. The molecule has 7 nitrogen and oxygen atoms in total. The van der Waals surface area contributed by atoms with Crippen molar-refractivity contribution in [2.24, 2.45) is 0 Å².